The summed E-state index contributed by atoms with van der Waals surface area (Å²) < 4.78 is 14.3. The molecule has 146 valence electrons. The second-order valence-corrected chi connectivity index (χ2v) is 7.57. The summed E-state index contributed by atoms with van der Waals surface area (Å²) in [6.07, 6.45) is 3.13. The maximum absolute atomic E-state index is 13.6. The number of pyridine rings is 1. The number of nitrogens with zero attached hydrogens (tertiary/aromatic N) is 5. The Balaban J connectivity index is 1.59. The highest BCUT2D eigenvalue weighted by Gasteiger charge is 2.24. The number of hydrogen-bond acceptors (Lipinski definition) is 6. The van der Waals surface area contributed by atoms with Gasteiger partial charge in [-0.3, -0.25) is 19.7 Å². The first kappa shape index (κ1) is 18.3. The minimum absolute atomic E-state index is 0.204. The lowest BCUT2D eigenvalue weighted by Crippen LogP contribution is -2.31. The van der Waals surface area contributed by atoms with Crippen molar-refractivity contribution in [3.63, 3.8) is 0 Å². The summed E-state index contributed by atoms with van der Waals surface area (Å²) in [5.41, 5.74) is 2.87. The van der Waals surface area contributed by atoms with Crippen molar-refractivity contribution in [1.82, 2.24) is 19.9 Å². The van der Waals surface area contributed by atoms with Crippen LogP contribution in [0.5, 0.6) is 0 Å². The van der Waals surface area contributed by atoms with Crippen LogP contribution < -0.4 is 4.90 Å². The summed E-state index contributed by atoms with van der Waals surface area (Å²) in [4.78, 5) is 32.6. The molecule has 0 saturated heterocycles. The van der Waals surface area contributed by atoms with Crippen LogP contribution in [0.2, 0.25) is 0 Å². The van der Waals surface area contributed by atoms with Gasteiger partial charge in [0.05, 0.1) is 39.7 Å². The predicted molar refractivity (Wildman–Crippen MR) is 114 cm³/mol. The van der Waals surface area contributed by atoms with Gasteiger partial charge < -0.3 is 0 Å². The number of aromatic nitrogens is 4. The molecular weight excluding hydrogens is 401 g/mol. The standard InChI is InChI=1S/C22H14FN5OS/c23-14-8-9-18-20(11-14)30-22(27-18)28(13-15-5-3-4-10-24-15)21(29)19-12-25-16-6-1-2-7-17(16)26-19/h1-12H,13H2. The fraction of sp³-hybridized carbons (Fsp3) is 0.0455. The quantitative estimate of drug-likeness (QED) is 0.428. The van der Waals surface area contributed by atoms with Crippen molar-refractivity contribution in [3.05, 3.63) is 90.3 Å². The molecule has 0 N–H and O–H groups in total. The van der Waals surface area contributed by atoms with E-state index >= 15 is 0 Å². The molecule has 0 radical (unpaired) electrons. The highest BCUT2D eigenvalue weighted by Crippen LogP contribution is 2.31. The van der Waals surface area contributed by atoms with Crippen molar-refractivity contribution >= 4 is 43.6 Å². The first-order valence-electron chi connectivity index (χ1n) is 9.17. The van der Waals surface area contributed by atoms with Gasteiger partial charge in [-0.15, -0.1) is 0 Å². The SMILES string of the molecule is O=C(c1cnc2ccccc2n1)N(Cc1ccccn1)c1nc2ccc(F)cc2s1. The van der Waals surface area contributed by atoms with Gasteiger partial charge in [-0.2, -0.15) is 0 Å². The maximum Gasteiger partial charge on any atom is 0.280 e. The zero-order valence-electron chi connectivity index (χ0n) is 15.6. The third kappa shape index (κ3) is 3.48. The number of fused-ring (bicyclic) bond motifs is 2. The van der Waals surface area contributed by atoms with Gasteiger partial charge in [0, 0.05) is 6.20 Å². The summed E-state index contributed by atoms with van der Waals surface area (Å²) in [5, 5.41) is 0.446. The number of anilines is 1. The van der Waals surface area contributed by atoms with E-state index in [2.05, 4.69) is 19.9 Å². The van der Waals surface area contributed by atoms with E-state index in [1.54, 1.807) is 12.3 Å². The van der Waals surface area contributed by atoms with Crippen molar-refractivity contribution in [3.8, 4) is 0 Å². The lowest BCUT2D eigenvalue weighted by atomic mass is 10.2. The molecular formula is C22H14FN5OS. The van der Waals surface area contributed by atoms with Crippen LogP contribution in [-0.4, -0.2) is 25.8 Å². The lowest BCUT2D eigenvalue weighted by molar-refractivity contribution is 0.0980. The minimum atomic E-state index is -0.349. The Bertz CT molecular complexity index is 1370. The van der Waals surface area contributed by atoms with Gasteiger partial charge in [0.15, 0.2) is 5.13 Å². The first-order valence-corrected chi connectivity index (χ1v) is 9.99. The number of hydrogen-bond donors (Lipinski definition) is 0. The van der Waals surface area contributed by atoms with Gasteiger partial charge in [0.2, 0.25) is 0 Å². The first-order chi connectivity index (χ1) is 14.7. The van der Waals surface area contributed by atoms with Gasteiger partial charge in [0.1, 0.15) is 11.5 Å². The van der Waals surface area contributed by atoms with Crippen LogP contribution in [0.1, 0.15) is 16.2 Å². The van der Waals surface area contributed by atoms with E-state index in [4.69, 9.17) is 0 Å². The second-order valence-electron chi connectivity index (χ2n) is 6.56. The minimum Gasteiger partial charge on any atom is -0.276 e. The number of benzene rings is 2. The summed E-state index contributed by atoms with van der Waals surface area (Å²) >= 11 is 1.24. The topological polar surface area (TPSA) is 71.9 Å². The van der Waals surface area contributed by atoms with E-state index in [0.717, 1.165) is 0 Å². The number of rotatable bonds is 4. The molecule has 0 fully saturated rings. The second kappa shape index (κ2) is 7.57. The molecule has 0 bridgehead atoms. The zero-order valence-corrected chi connectivity index (χ0v) is 16.4. The van der Waals surface area contributed by atoms with Crippen LogP contribution in [0.3, 0.4) is 0 Å². The molecule has 8 heteroatoms. The van der Waals surface area contributed by atoms with Crippen LogP contribution in [0.15, 0.2) is 73.1 Å². The number of para-hydroxylation sites is 2. The molecule has 3 heterocycles. The Morgan fingerprint density at radius 2 is 1.77 bits per heavy atom. The monoisotopic (exact) mass is 415 g/mol. The van der Waals surface area contributed by atoms with Gasteiger partial charge in [-0.1, -0.05) is 29.5 Å². The fourth-order valence-electron chi connectivity index (χ4n) is 3.08. The van der Waals surface area contributed by atoms with Gasteiger partial charge in [-0.05, 0) is 42.5 Å². The van der Waals surface area contributed by atoms with E-state index in [1.807, 2.05) is 42.5 Å². The Morgan fingerprint density at radius 1 is 0.933 bits per heavy atom. The molecule has 0 spiro atoms. The summed E-state index contributed by atoms with van der Waals surface area (Å²) in [5.74, 6) is -0.695. The molecule has 0 saturated carbocycles. The largest absolute Gasteiger partial charge is 0.280 e. The van der Waals surface area contributed by atoms with E-state index in [9.17, 15) is 9.18 Å². The highest BCUT2D eigenvalue weighted by molar-refractivity contribution is 7.22. The molecule has 6 nitrogen and oxygen atoms in total. The van der Waals surface area contributed by atoms with E-state index < -0.39 is 0 Å². The van der Waals surface area contributed by atoms with Gasteiger partial charge >= 0.3 is 0 Å². The van der Waals surface area contributed by atoms with Crippen molar-refractivity contribution < 1.29 is 9.18 Å². The Morgan fingerprint density at radius 3 is 2.60 bits per heavy atom. The molecule has 0 unspecified atom stereocenters. The average molecular weight is 415 g/mol. The Labute approximate surface area is 174 Å². The fourth-order valence-corrected chi connectivity index (χ4v) is 4.07. The van der Waals surface area contributed by atoms with Crippen molar-refractivity contribution in [2.24, 2.45) is 0 Å². The summed E-state index contributed by atoms with van der Waals surface area (Å²) in [6, 6.07) is 17.2. The smallest absolute Gasteiger partial charge is 0.276 e. The predicted octanol–water partition coefficient (Wildman–Crippen LogP) is 4.62. The highest BCUT2D eigenvalue weighted by atomic mass is 32.1. The third-order valence-corrected chi connectivity index (χ3v) is 5.57. The van der Waals surface area contributed by atoms with Crippen LogP contribution in [0, 0.1) is 5.82 Å². The van der Waals surface area contributed by atoms with E-state index in [0.29, 0.717) is 32.1 Å². The number of amides is 1. The Kier molecular flexibility index (Phi) is 4.61. The average Bonchev–Trinajstić information content (AvgIpc) is 3.20. The molecule has 0 atom stereocenters. The number of thiazole rings is 1. The zero-order chi connectivity index (χ0) is 20.5. The Hall–Kier alpha value is -3.78. The molecule has 1 amide bonds. The number of halogens is 1. The van der Waals surface area contributed by atoms with E-state index in [1.165, 1.54) is 34.6 Å². The lowest BCUT2D eigenvalue weighted by Gasteiger charge is -2.19. The summed E-state index contributed by atoms with van der Waals surface area (Å²) in [7, 11) is 0. The summed E-state index contributed by atoms with van der Waals surface area (Å²) in [6.45, 7) is 0.205. The van der Waals surface area contributed by atoms with Crippen molar-refractivity contribution in [1.29, 1.82) is 0 Å². The van der Waals surface area contributed by atoms with Crippen molar-refractivity contribution in [2.75, 3.05) is 4.90 Å². The van der Waals surface area contributed by atoms with Crippen molar-refractivity contribution in [2.45, 2.75) is 6.54 Å². The molecule has 0 aliphatic rings. The van der Waals surface area contributed by atoms with Gasteiger partial charge in [-0.25, -0.2) is 14.4 Å². The van der Waals surface area contributed by atoms with Crippen LogP contribution in [-0.2, 0) is 6.54 Å². The van der Waals surface area contributed by atoms with Crippen LogP contribution >= 0.6 is 11.3 Å². The molecule has 30 heavy (non-hydrogen) atoms. The van der Waals surface area contributed by atoms with E-state index in [-0.39, 0.29) is 24.0 Å². The number of carbonyl (C=O) groups excluding carboxylic acids is 1. The van der Waals surface area contributed by atoms with Crippen LogP contribution in [0.4, 0.5) is 9.52 Å². The molecule has 0 aliphatic heterocycles. The van der Waals surface area contributed by atoms with Gasteiger partial charge in [0.25, 0.3) is 5.91 Å². The molecule has 2 aromatic carbocycles. The number of carbonyl (C=O) groups is 1. The van der Waals surface area contributed by atoms with Crippen LogP contribution in [0.25, 0.3) is 21.3 Å². The molecule has 3 aromatic heterocycles. The maximum atomic E-state index is 13.6. The molecule has 5 aromatic rings. The third-order valence-electron chi connectivity index (χ3n) is 4.53. The molecule has 5 rings (SSSR count). The molecule has 0 aliphatic carbocycles. The normalized spacial score (nSPS) is 11.1.